The van der Waals surface area contributed by atoms with Crippen LogP contribution in [0.1, 0.15) is 33.1 Å². The number of ether oxygens (including phenoxy) is 1. The van der Waals surface area contributed by atoms with Crippen LogP contribution in [0.2, 0.25) is 0 Å². The standard InChI is InChI=1S/C37H34FN3O3/c1-26-31(25-34(29-16-11-17-30(24-29)44-2)41(26)33-19-10-9-18-32(33)38)36(42)39-20-22-40(23-21-39)37(43)35(27-12-5-3-6-13-27)28-14-7-4-8-15-28/h3-19,24-25,35H,20-23H2,1-2H3. The Morgan fingerprint density at radius 2 is 1.32 bits per heavy atom. The molecule has 1 aliphatic rings. The van der Waals surface area contributed by atoms with Crippen molar-refractivity contribution in [2.45, 2.75) is 12.8 Å². The van der Waals surface area contributed by atoms with Crippen LogP contribution in [-0.4, -0.2) is 59.5 Å². The quantitative estimate of drug-likeness (QED) is 0.213. The molecule has 0 atom stereocenters. The first-order valence-corrected chi connectivity index (χ1v) is 14.8. The SMILES string of the molecule is COc1cccc(-c2cc(C(=O)N3CCN(C(=O)C(c4ccccc4)c4ccccc4)CC3)c(C)n2-c2ccccc2F)c1. The minimum Gasteiger partial charge on any atom is -0.497 e. The number of hydrogen-bond acceptors (Lipinski definition) is 3. The second-order valence-corrected chi connectivity index (χ2v) is 10.9. The van der Waals surface area contributed by atoms with Gasteiger partial charge in [-0.2, -0.15) is 0 Å². The number of hydrogen-bond donors (Lipinski definition) is 0. The summed E-state index contributed by atoms with van der Waals surface area (Å²) in [5.74, 6) is -0.248. The van der Waals surface area contributed by atoms with E-state index in [1.807, 2.05) is 103 Å². The van der Waals surface area contributed by atoms with E-state index in [0.717, 1.165) is 16.7 Å². The van der Waals surface area contributed by atoms with E-state index in [1.165, 1.54) is 6.07 Å². The van der Waals surface area contributed by atoms with Crippen molar-refractivity contribution in [1.82, 2.24) is 14.4 Å². The topological polar surface area (TPSA) is 54.8 Å². The minimum atomic E-state index is -0.415. The predicted octanol–water partition coefficient (Wildman–Crippen LogP) is 6.72. The lowest BCUT2D eigenvalue weighted by Gasteiger charge is -2.36. The number of nitrogens with zero attached hydrogens (tertiary/aromatic N) is 3. The van der Waals surface area contributed by atoms with Crippen LogP contribution < -0.4 is 4.74 Å². The fraction of sp³-hybridized carbons (Fsp3) is 0.189. The molecule has 0 aliphatic carbocycles. The van der Waals surface area contributed by atoms with Crippen molar-refractivity contribution < 1.29 is 18.7 Å². The molecule has 0 N–H and O–H groups in total. The largest absolute Gasteiger partial charge is 0.497 e. The summed E-state index contributed by atoms with van der Waals surface area (Å²) in [6, 6.07) is 35.5. The smallest absolute Gasteiger partial charge is 0.255 e. The van der Waals surface area contributed by atoms with Crippen LogP contribution in [0.4, 0.5) is 4.39 Å². The van der Waals surface area contributed by atoms with Crippen molar-refractivity contribution in [3.05, 3.63) is 143 Å². The van der Waals surface area contributed by atoms with Gasteiger partial charge in [0.2, 0.25) is 5.91 Å². The van der Waals surface area contributed by atoms with Crippen molar-refractivity contribution in [3.8, 4) is 22.7 Å². The molecule has 2 heterocycles. The Kier molecular flexibility index (Phi) is 8.28. The van der Waals surface area contributed by atoms with Crippen LogP contribution >= 0.6 is 0 Å². The second kappa shape index (κ2) is 12.6. The Balaban J connectivity index is 1.27. The van der Waals surface area contributed by atoms with Crippen LogP contribution in [0.5, 0.6) is 5.75 Å². The normalized spacial score (nSPS) is 13.3. The van der Waals surface area contributed by atoms with E-state index < -0.39 is 5.92 Å². The molecule has 2 amide bonds. The zero-order valence-electron chi connectivity index (χ0n) is 24.8. The molecule has 0 saturated carbocycles. The summed E-state index contributed by atoms with van der Waals surface area (Å²) in [6.07, 6.45) is 0. The van der Waals surface area contributed by atoms with Gasteiger partial charge in [-0.3, -0.25) is 9.59 Å². The van der Waals surface area contributed by atoms with Crippen molar-refractivity contribution in [3.63, 3.8) is 0 Å². The lowest BCUT2D eigenvalue weighted by atomic mass is 9.90. The number of aromatic nitrogens is 1. The Hall–Kier alpha value is -5.17. The van der Waals surface area contributed by atoms with Crippen LogP contribution in [-0.2, 0) is 4.79 Å². The number of piperazine rings is 1. The predicted molar refractivity (Wildman–Crippen MR) is 170 cm³/mol. The second-order valence-electron chi connectivity index (χ2n) is 10.9. The van der Waals surface area contributed by atoms with Gasteiger partial charge in [-0.25, -0.2) is 4.39 Å². The first-order valence-electron chi connectivity index (χ1n) is 14.8. The molecule has 6 rings (SSSR count). The molecule has 4 aromatic carbocycles. The average molecular weight is 588 g/mol. The van der Waals surface area contributed by atoms with Crippen LogP contribution in [0, 0.1) is 12.7 Å². The number of carbonyl (C=O) groups excluding carboxylic acids is 2. The van der Waals surface area contributed by atoms with E-state index in [1.54, 1.807) is 34.8 Å². The Morgan fingerprint density at radius 1 is 0.727 bits per heavy atom. The van der Waals surface area contributed by atoms with Crippen molar-refractivity contribution in [1.29, 1.82) is 0 Å². The highest BCUT2D eigenvalue weighted by atomic mass is 19.1. The lowest BCUT2D eigenvalue weighted by molar-refractivity contribution is -0.133. The summed E-state index contributed by atoms with van der Waals surface area (Å²) in [5, 5.41) is 0. The molecular formula is C37H34FN3O3. The van der Waals surface area contributed by atoms with Gasteiger partial charge in [0.05, 0.1) is 30.0 Å². The van der Waals surface area contributed by atoms with Gasteiger partial charge in [0.15, 0.2) is 0 Å². The molecule has 1 aliphatic heterocycles. The van der Waals surface area contributed by atoms with Gasteiger partial charge < -0.3 is 19.1 Å². The van der Waals surface area contributed by atoms with E-state index in [-0.39, 0.29) is 17.6 Å². The third-order valence-corrected chi connectivity index (χ3v) is 8.33. The van der Waals surface area contributed by atoms with Crippen molar-refractivity contribution in [2.24, 2.45) is 0 Å². The molecule has 1 aromatic heterocycles. The monoisotopic (exact) mass is 587 g/mol. The highest BCUT2D eigenvalue weighted by Crippen LogP contribution is 2.33. The first-order chi connectivity index (χ1) is 21.5. The average Bonchev–Trinajstić information content (AvgIpc) is 3.42. The molecule has 7 heteroatoms. The Bertz CT molecular complexity index is 1740. The molecule has 0 radical (unpaired) electrons. The molecule has 6 nitrogen and oxygen atoms in total. The van der Waals surface area contributed by atoms with E-state index in [9.17, 15) is 9.59 Å². The van der Waals surface area contributed by atoms with E-state index in [2.05, 4.69) is 0 Å². The lowest BCUT2D eigenvalue weighted by Crippen LogP contribution is -2.51. The first kappa shape index (κ1) is 28.9. The third kappa shape index (κ3) is 5.61. The summed E-state index contributed by atoms with van der Waals surface area (Å²) in [4.78, 5) is 31.6. The third-order valence-electron chi connectivity index (χ3n) is 8.33. The molecule has 0 unspecified atom stereocenters. The molecule has 222 valence electrons. The van der Waals surface area contributed by atoms with Gasteiger partial charge in [0, 0.05) is 37.4 Å². The summed E-state index contributed by atoms with van der Waals surface area (Å²) in [6.45, 7) is 3.50. The van der Waals surface area contributed by atoms with E-state index >= 15 is 4.39 Å². The van der Waals surface area contributed by atoms with Crippen molar-refractivity contribution in [2.75, 3.05) is 33.3 Å². The molecule has 0 spiro atoms. The highest BCUT2D eigenvalue weighted by Gasteiger charge is 2.32. The maximum atomic E-state index is 15.1. The fourth-order valence-corrected chi connectivity index (χ4v) is 6.01. The van der Waals surface area contributed by atoms with E-state index in [4.69, 9.17) is 4.74 Å². The summed E-state index contributed by atoms with van der Waals surface area (Å²) >= 11 is 0. The van der Waals surface area contributed by atoms with Gasteiger partial charge in [-0.15, -0.1) is 0 Å². The molecule has 0 bridgehead atoms. The van der Waals surface area contributed by atoms with Crippen LogP contribution in [0.15, 0.2) is 115 Å². The summed E-state index contributed by atoms with van der Waals surface area (Å²) in [7, 11) is 1.60. The van der Waals surface area contributed by atoms with Gasteiger partial charge in [-0.1, -0.05) is 84.9 Å². The van der Waals surface area contributed by atoms with Crippen LogP contribution in [0.25, 0.3) is 16.9 Å². The Morgan fingerprint density at radius 3 is 1.93 bits per heavy atom. The fourth-order valence-electron chi connectivity index (χ4n) is 6.01. The van der Waals surface area contributed by atoms with E-state index in [0.29, 0.717) is 54.6 Å². The number of carbonyl (C=O) groups is 2. The zero-order valence-corrected chi connectivity index (χ0v) is 24.8. The molecule has 1 saturated heterocycles. The number of amides is 2. The van der Waals surface area contributed by atoms with Gasteiger partial charge in [-0.05, 0) is 48.4 Å². The van der Waals surface area contributed by atoms with Crippen LogP contribution in [0.3, 0.4) is 0 Å². The summed E-state index contributed by atoms with van der Waals surface area (Å²) < 4.78 is 22.3. The minimum absolute atomic E-state index is 0.0247. The number of para-hydroxylation sites is 1. The molecular weight excluding hydrogens is 553 g/mol. The maximum Gasteiger partial charge on any atom is 0.255 e. The van der Waals surface area contributed by atoms with Gasteiger partial charge in [0.1, 0.15) is 11.6 Å². The van der Waals surface area contributed by atoms with Crippen molar-refractivity contribution >= 4 is 11.8 Å². The number of methoxy groups -OCH3 is 1. The number of halogens is 1. The highest BCUT2D eigenvalue weighted by molar-refractivity contribution is 5.97. The zero-order chi connectivity index (χ0) is 30.6. The molecule has 44 heavy (non-hydrogen) atoms. The van der Waals surface area contributed by atoms with Gasteiger partial charge >= 0.3 is 0 Å². The molecule has 1 fully saturated rings. The number of benzene rings is 4. The maximum absolute atomic E-state index is 15.1. The Labute approximate surface area is 256 Å². The summed E-state index contributed by atoms with van der Waals surface area (Å²) in [5.41, 5.74) is 4.89. The van der Waals surface area contributed by atoms with Gasteiger partial charge in [0.25, 0.3) is 5.91 Å². The number of rotatable bonds is 7. The molecule has 5 aromatic rings.